The van der Waals surface area contributed by atoms with Gasteiger partial charge in [0.05, 0.1) is 11.5 Å². The molecular formula is C15H18ClFN2O3S. The second-order valence-corrected chi connectivity index (χ2v) is 6.64. The maximum atomic E-state index is 13.8. The van der Waals surface area contributed by atoms with Crippen molar-refractivity contribution in [2.24, 2.45) is 0 Å². The van der Waals surface area contributed by atoms with Crippen molar-refractivity contribution in [3.05, 3.63) is 34.6 Å². The fourth-order valence-corrected chi connectivity index (χ4v) is 3.24. The Morgan fingerprint density at radius 2 is 1.91 bits per heavy atom. The van der Waals surface area contributed by atoms with E-state index < -0.39 is 5.97 Å². The van der Waals surface area contributed by atoms with Crippen molar-refractivity contribution in [1.29, 1.82) is 0 Å². The number of carboxylic acid groups (broad SMARTS) is 1. The number of amides is 1. The topological polar surface area (TPSA) is 60.9 Å². The third-order valence-corrected chi connectivity index (χ3v) is 4.88. The summed E-state index contributed by atoms with van der Waals surface area (Å²) >= 11 is 7.13. The fourth-order valence-electron chi connectivity index (χ4n) is 2.38. The number of halogens is 2. The summed E-state index contributed by atoms with van der Waals surface area (Å²) in [6.45, 7) is 2.80. The molecule has 0 saturated carbocycles. The molecule has 0 aromatic heterocycles. The number of hydrogen-bond acceptors (Lipinski definition) is 4. The number of benzene rings is 1. The molecule has 1 N–H and O–H groups in total. The monoisotopic (exact) mass is 360 g/mol. The van der Waals surface area contributed by atoms with Gasteiger partial charge in [0.2, 0.25) is 5.91 Å². The highest BCUT2D eigenvalue weighted by molar-refractivity contribution is 8.00. The summed E-state index contributed by atoms with van der Waals surface area (Å²) in [6.07, 6.45) is 0. The number of rotatable bonds is 6. The van der Waals surface area contributed by atoms with Gasteiger partial charge in [-0.2, -0.15) is 0 Å². The molecule has 2 rings (SSSR count). The van der Waals surface area contributed by atoms with Crippen LogP contribution in [-0.4, -0.2) is 64.5 Å². The van der Waals surface area contributed by atoms with Gasteiger partial charge in [-0.05, 0) is 12.1 Å². The first-order valence-electron chi connectivity index (χ1n) is 7.20. The van der Waals surface area contributed by atoms with Gasteiger partial charge in [-0.1, -0.05) is 17.7 Å². The molecule has 0 spiro atoms. The van der Waals surface area contributed by atoms with E-state index in [1.807, 2.05) is 0 Å². The molecule has 0 radical (unpaired) electrons. The lowest BCUT2D eigenvalue weighted by atomic mass is 10.2. The number of carbonyl (C=O) groups is 2. The molecule has 0 bridgehead atoms. The summed E-state index contributed by atoms with van der Waals surface area (Å²) in [6, 6.07) is 4.63. The summed E-state index contributed by atoms with van der Waals surface area (Å²) in [5.74, 6) is -1.20. The molecule has 1 heterocycles. The summed E-state index contributed by atoms with van der Waals surface area (Å²) in [7, 11) is 0. The normalized spacial score (nSPS) is 15.7. The Bertz CT molecular complexity index is 560. The summed E-state index contributed by atoms with van der Waals surface area (Å²) in [5.41, 5.74) is 0.478. The van der Waals surface area contributed by atoms with Crippen LogP contribution in [0, 0.1) is 5.82 Å². The average molecular weight is 361 g/mol. The number of aliphatic carboxylic acids is 1. The van der Waals surface area contributed by atoms with E-state index in [1.54, 1.807) is 17.0 Å². The molecule has 126 valence electrons. The Kier molecular flexibility index (Phi) is 6.68. The predicted molar refractivity (Wildman–Crippen MR) is 88.2 cm³/mol. The van der Waals surface area contributed by atoms with Crippen LogP contribution < -0.4 is 0 Å². The van der Waals surface area contributed by atoms with E-state index in [4.69, 9.17) is 16.7 Å². The SMILES string of the molecule is O=C(O)CSCC(=O)N1CCN(Cc2c(F)cccc2Cl)CC1. The zero-order valence-corrected chi connectivity index (χ0v) is 14.1. The molecule has 1 aliphatic rings. The quantitative estimate of drug-likeness (QED) is 0.840. The molecule has 1 fully saturated rings. The first-order valence-corrected chi connectivity index (χ1v) is 8.73. The van der Waals surface area contributed by atoms with Crippen molar-refractivity contribution in [2.75, 3.05) is 37.7 Å². The largest absolute Gasteiger partial charge is 0.481 e. The van der Waals surface area contributed by atoms with E-state index in [2.05, 4.69) is 4.90 Å². The first kappa shape index (κ1) is 18.0. The highest BCUT2D eigenvalue weighted by Crippen LogP contribution is 2.21. The minimum atomic E-state index is -0.922. The van der Waals surface area contributed by atoms with E-state index in [0.717, 1.165) is 11.8 Å². The number of hydrogen-bond donors (Lipinski definition) is 1. The van der Waals surface area contributed by atoms with Crippen LogP contribution in [-0.2, 0) is 16.1 Å². The molecule has 0 atom stereocenters. The van der Waals surface area contributed by atoms with Crippen LogP contribution in [0.1, 0.15) is 5.56 Å². The van der Waals surface area contributed by atoms with Crippen molar-refractivity contribution in [1.82, 2.24) is 9.80 Å². The number of carbonyl (C=O) groups excluding carboxylic acids is 1. The molecule has 23 heavy (non-hydrogen) atoms. The molecule has 1 saturated heterocycles. The maximum absolute atomic E-state index is 13.8. The Labute approximate surface area is 143 Å². The third-order valence-electron chi connectivity index (χ3n) is 3.62. The Hall–Kier alpha value is -1.31. The van der Waals surface area contributed by atoms with Gasteiger partial charge in [-0.25, -0.2) is 4.39 Å². The van der Waals surface area contributed by atoms with Crippen molar-refractivity contribution < 1.29 is 19.1 Å². The minimum absolute atomic E-state index is 0.0557. The van der Waals surface area contributed by atoms with Gasteiger partial charge in [-0.3, -0.25) is 14.5 Å². The summed E-state index contributed by atoms with van der Waals surface area (Å²) < 4.78 is 13.8. The molecule has 0 unspecified atom stereocenters. The fraction of sp³-hybridized carbons (Fsp3) is 0.467. The van der Waals surface area contributed by atoms with E-state index in [0.29, 0.717) is 43.3 Å². The zero-order valence-electron chi connectivity index (χ0n) is 12.5. The average Bonchev–Trinajstić information content (AvgIpc) is 2.51. The Morgan fingerprint density at radius 1 is 1.22 bits per heavy atom. The molecule has 0 aliphatic carbocycles. The first-order chi connectivity index (χ1) is 11.0. The van der Waals surface area contributed by atoms with Gasteiger partial charge in [0.1, 0.15) is 5.82 Å². The van der Waals surface area contributed by atoms with Crippen LogP contribution in [0.15, 0.2) is 18.2 Å². The van der Waals surface area contributed by atoms with Crippen LogP contribution in [0.4, 0.5) is 4.39 Å². The van der Waals surface area contributed by atoms with Crippen molar-refractivity contribution in [3.8, 4) is 0 Å². The van der Waals surface area contributed by atoms with Gasteiger partial charge < -0.3 is 10.0 Å². The van der Waals surface area contributed by atoms with Gasteiger partial charge in [-0.15, -0.1) is 11.8 Å². The number of nitrogens with zero attached hydrogens (tertiary/aromatic N) is 2. The number of piperazine rings is 1. The van der Waals surface area contributed by atoms with Gasteiger partial charge >= 0.3 is 5.97 Å². The molecule has 5 nitrogen and oxygen atoms in total. The Morgan fingerprint density at radius 3 is 2.52 bits per heavy atom. The predicted octanol–water partition coefficient (Wildman–Crippen LogP) is 1.94. The van der Waals surface area contributed by atoms with E-state index in [9.17, 15) is 14.0 Å². The van der Waals surface area contributed by atoms with Crippen molar-refractivity contribution in [3.63, 3.8) is 0 Å². The lowest BCUT2D eigenvalue weighted by molar-refractivity contribution is -0.133. The summed E-state index contributed by atoms with van der Waals surface area (Å²) in [4.78, 5) is 26.2. The lowest BCUT2D eigenvalue weighted by Gasteiger charge is -2.34. The standard InChI is InChI=1S/C15H18ClFN2O3S/c16-12-2-1-3-13(17)11(12)8-18-4-6-19(7-5-18)14(20)9-23-10-15(21)22/h1-3H,4-10H2,(H,21,22). The van der Waals surface area contributed by atoms with Gasteiger partial charge in [0.25, 0.3) is 0 Å². The van der Waals surface area contributed by atoms with E-state index in [-0.39, 0.29) is 23.2 Å². The third kappa shape index (κ3) is 5.37. The molecular weight excluding hydrogens is 343 g/mol. The second-order valence-electron chi connectivity index (χ2n) is 5.24. The molecule has 1 amide bonds. The van der Waals surface area contributed by atoms with Crippen LogP contribution in [0.25, 0.3) is 0 Å². The van der Waals surface area contributed by atoms with Gasteiger partial charge in [0.15, 0.2) is 0 Å². The minimum Gasteiger partial charge on any atom is -0.481 e. The van der Waals surface area contributed by atoms with E-state index >= 15 is 0 Å². The smallest absolute Gasteiger partial charge is 0.313 e. The van der Waals surface area contributed by atoms with Crippen molar-refractivity contribution in [2.45, 2.75) is 6.54 Å². The summed E-state index contributed by atoms with van der Waals surface area (Å²) in [5, 5.41) is 8.97. The lowest BCUT2D eigenvalue weighted by Crippen LogP contribution is -2.49. The van der Waals surface area contributed by atoms with E-state index in [1.165, 1.54) is 6.07 Å². The molecule has 1 aromatic rings. The van der Waals surface area contributed by atoms with Crippen LogP contribution in [0.2, 0.25) is 5.02 Å². The zero-order chi connectivity index (χ0) is 16.8. The van der Waals surface area contributed by atoms with Gasteiger partial charge in [0, 0.05) is 43.3 Å². The maximum Gasteiger partial charge on any atom is 0.313 e. The highest BCUT2D eigenvalue weighted by Gasteiger charge is 2.22. The molecule has 1 aliphatic heterocycles. The molecule has 8 heteroatoms. The molecule has 1 aromatic carbocycles. The second kappa shape index (κ2) is 8.52. The van der Waals surface area contributed by atoms with Crippen LogP contribution >= 0.6 is 23.4 Å². The van der Waals surface area contributed by atoms with Crippen LogP contribution in [0.3, 0.4) is 0 Å². The number of carboxylic acids is 1. The Balaban J connectivity index is 1.80. The highest BCUT2D eigenvalue weighted by atomic mass is 35.5. The number of thioether (sulfide) groups is 1. The van der Waals surface area contributed by atoms with Crippen molar-refractivity contribution >= 4 is 35.2 Å². The van der Waals surface area contributed by atoms with Crippen LogP contribution in [0.5, 0.6) is 0 Å².